The van der Waals surface area contributed by atoms with Crippen molar-refractivity contribution < 1.29 is 0 Å². The Kier molecular flexibility index (Phi) is 12.8. The molecule has 0 saturated heterocycles. The summed E-state index contributed by atoms with van der Waals surface area (Å²) < 4.78 is 0. The monoisotopic (exact) mass is 784 g/mol. The minimum absolute atomic E-state index is 0.229. The number of fused-ring (bicyclic) bond motifs is 2. The van der Waals surface area contributed by atoms with Crippen LogP contribution in [-0.4, -0.2) is 36.3 Å². The molecule has 0 aromatic heterocycles. The molecule has 8 heteroatoms. The van der Waals surface area contributed by atoms with Crippen molar-refractivity contribution in [3.8, 4) is 0 Å². The maximum atomic E-state index is 5.88. The summed E-state index contributed by atoms with van der Waals surface area (Å²) >= 11 is 0. The van der Waals surface area contributed by atoms with E-state index in [0.29, 0.717) is 58.7 Å². The van der Waals surface area contributed by atoms with Crippen LogP contribution in [0.25, 0.3) is 0 Å². The van der Waals surface area contributed by atoms with Gasteiger partial charge in [-0.05, 0) is 160 Å². The smallest absolute Gasteiger partial charge is 0.185 e. The van der Waals surface area contributed by atoms with Gasteiger partial charge in [-0.25, -0.2) is 0 Å². The number of rotatable bonds is 11. The van der Waals surface area contributed by atoms with Crippen molar-refractivity contribution in [2.24, 2.45) is 80.3 Å². The van der Waals surface area contributed by atoms with E-state index in [1.165, 1.54) is 64.2 Å². The van der Waals surface area contributed by atoms with Crippen molar-refractivity contribution in [1.82, 2.24) is 0 Å². The first-order valence-corrected chi connectivity index (χ1v) is 24.2. The molecule has 4 aliphatic rings. The Morgan fingerprint density at radius 1 is 0.429 bits per heavy atom. The van der Waals surface area contributed by atoms with Crippen LogP contribution in [-0.2, 0) is 0 Å². The Morgan fingerprint density at radius 2 is 0.750 bits per heavy atom. The van der Waals surface area contributed by atoms with Crippen molar-refractivity contribution in [2.75, 3.05) is 13.1 Å². The second kappa shape index (κ2) is 18.3. The van der Waals surface area contributed by atoms with Crippen LogP contribution < -0.4 is 44.2 Å². The lowest BCUT2D eigenvalue weighted by Gasteiger charge is -2.59. The molecule has 4 aliphatic carbocycles. The summed E-state index contributed by atoms with van der Waals surface area (Å²) in [5, 5.41) is 6.17. The highest BCUT2D eigenvalue weighted by atomic mass is 31.1. The van der Waals surface area contributed by atoms with Crippen LogP contribution in [0.1, 0.15) is 64.2 Å². The first-order chi connectivity index (χ1) is 27.4. The third-order valence-corrected chi connectivity index (χ3v) is 20.1. The highest BCUT2D eigenvalue weighted by molar-refractivity contribution is 7.74. The lowest BCUT2D eigenvalue weighted by molar-refractivity contribution is -0.0178. The highest BCUT2D eigenvalue weighted by Gasteiger charge is 2.55. The van der Waals surface area contributed by atoms with Gasteiger partial charge in [-0.1, -0.05) is 121 Å². The van der Waals surface area contributed by atoms with Crippen molar-refractivity contribution in [3.05, 3.63) is 121 Å². The largest absolute Gasteiger partial charge is 0.370 e. The zero-order chi connectivity index (χ0) is 38.4. The minimum atomic E-state index is -0.578. The third-order valence-electron chi connectivity index (χ3n) is 14.2. The molecule has 0 radical (unpaired) electrons. The zero-order valence-corrected chi connectivity index (χ0v) is 34.7. The van der Waals surface area contributed by atoms with E-state index in [0.717, 1.165) is 13.1 Å². The minimum Gasteiger partial charge on any atom is -0.370 e. The van der Waals surface area contributed by atoms with Crippen LogP contribution in [0.15, 0.2) is 131 Å². The summed E-state index contributed by atoms with van der Waals surface area (Å²) in [5.74, 6) is 5.71. The number of hydrogen-bond donors (Lipinski definition) is 4. The molecule has 0 bridgehead atoms. The summed E-state index contributed by atoms with van der Waals surface area (Å²) in [6.45, 7) is 1.53. The Morgan fingerprint density at radius 3 is 1.05 bits per heavy atom. The fourth-order valence-electron chi connectivity index (χ4n) is 12.1. The average molecular weight is 785 g/mol. The maximum absolute atomic E-state index is 5.88. The predicted molar refractivity (Wildman–Crippen MR) is 241 cm³/mol. The molecule has 8 N–H and O–H groups in total. The fourth-order valence-corrected chi connectivity index (χ4v) is 18.5. The summed E-state index contributed by atoms with van der Waals surface area (Å²) in [6.07, 6.45) is 12.7. The molecule has 56 heavy (non-hydrogen) atoms. The standard InChI is InChI=1S/C48H62N6P2/c49-47(50)53-31-33-21-25-41-35(29-33)23-27-43(55(37-13-5-1-6-14-37)38-15-7-2-8-16-38)45(41)46-42-26-22-34(32-54-48(51)52)30-36(42)24-28-44(46)56(39-17-9-3-10-18-39)40-19-11-4-12-20-40/h1-20,33-36,41-46H,21-32H2,(H4,49,50,53)(H4,51,52,54). The van der Waals surface area contributed by atoms with E-state index in [-0.39, 0.29) is 11.9 Å². The lowest BCUT2D eigenvalue weighted by Crippen LogP contribution is -2.54. The summed E-state index contributed by atoms with van der Waals surface area (Å²) in [6, 6.07) is 46.6. The molecule has 6 nitrogen and oxygen atoms in total. The van der Waals surface area contributed by atoms with Gasteiger partial charge in [-0.3, -0.25) is 9.98 Å². The van der Waals surface area contributed by atoms with Crippen LogP contribution in [0.3, 0.4) is 0 Å². The van der Waals surface area contributed by atoms with Crippen molar-refractivity contribution in [2.45, 2.75) is 75.5 Å². The molecule has 8 rings (SSSR count). The van der Waals surface area contributed by atoms with E-state index < -0.39 is 15.8 Å². The average Bonchev–Trinajstić information content (AvgIpc) is 3.24. The molecule has 294 valence electrons. The quantitative estimate of drug-likeness (QED) is 0.0717. The van der Waals surface area contributed by atoms with Gasteiger partial charge in [0.1, 0.15) is 0 Å². The summed E-state index contributed by atoms with van der Waals surface area (Å²) in [7, 11) is -1.16. The van der Waals surface area contributed by atoms with Gasteiger partial charge in [-0.15, -0.1) is 0 Å². The molecular weight excluding hydrogens is 723 g/mol. The fraction of sp³-hybridized carbons (Fsp3) is 0.458. The normalized spacial score (nSPS) is 30.2. The number of benzene rings is 4. The Bertz CT molecular complexity index is 1670. The van der Waals surface area contributed by atoms with Gasteiger partial charge in [0.25, 0.3) is 0 Å². The second-order valence-electron chi connectivity index (χ2n) is 17.3. The number of aliphatic imine (C=N–C) groups is 2. The van der Waals surface area contributed by atoms with Crippen LogP contribution in [0.5, 0.6) is 0 Å². The molecule has 4 aromatic rings. The van der Waals surface area contributed by atoms with Gasteiger partial charge in [0, 0.05) is 13.1 Å². The molecular formula is C48H62N6P2. The molecule has 0 heterocycles. The highest BCUT2D eigenvalue weighted by Crippen LogP contribution is 2.65. The molecule has 10 atom stereocenters. The van der Waals surface area contributed by atoms with Crippen LogP contribution in [0.2, 0.25) is 0 Å². The van der Waals surface area contributed by atoms with Gasteiger partial charge in [-0.2, -0.15) is 0 Å². The van der Waals surface area contributed by atoms with Crippen molar-refractivity contribution >= 4 is 49.0 Å². The molecule has 0 amide bonds. The van der Waals surface area contributed by atoms with Gasteiger partial charge >= 0.3 is 0 Å². The molecule has 4 aromatic carbocycles. The van der Waals surface area contributed by atoms with E-state index >= 15 is 0 Å². The van der Waals surface area contributed by atoms with Crippen LogP contribution in [0.4, 0.5) is 0 Å². The predicted octanol–water partition coefficient (Wildman–Crippen LogP) is 7.42. The summed E-state index contributed by atoms with van der Waals surface area (Å²) in [4.78, 5) is 9.12. The van der Waals surface area contributed by atoms with E-state index in [2.05, 4.69) is 131 Å². The molecule has 10 unspecified atom stereocenters. The number of nitrogens with two attached hydrogens (primary N) is 4. The first-order valence-electron chi connectivity index (χ1n) is 21.3. The number of hydrogen-bond acceptors (Lipinski definition) is 2. The first kappa shape index (κ1) is 39.1. The topological polar surface area (TPSA) is 129 Å². The van der Waals surface area contributed by atoms with E-state index in [4.69, 9.17) is 22.9 Å². The van der Waals surface area contributed by atoms with E-state index in [1.807, 2.05) is 0 Å². The third kappa shape index (κ3) is 8.73. The zero-order valence-electron chi connectivity index (χ0n) is 32.9. The van der Waals surface area contributed by atoms with Crippen molar-refractivity contribution in [3.63, 3.8) is 0 Å². The Balaban J connectivity index is 1.27. The number of nitrogens with zero attached hydrogens (tertiary/aromatic N) is 2. The van der Waals surface area contributed by atoms with E-state index in [9.17, 15) is 0 Å². The van der Waals surface area contributed by atoms with Gasteiger partial charge in [0.05, 0.1) is 0 Å². The Hall–Kier alpha value is -3.72. The molecule has 4 saturated carbocycles. The molecule has 0 aliphatic heterocycles. The maximum Gasteiger partial charge on any atom is 0.185 e. The van der Waals surface area contributed by atoms with Gasteiger partial charge in [0.2, 0.25) is 0 Å². The van der Waals surface area contributed by atoms with Crippen LogP contribution >= 0.6 is 15.8 Å². The van der Waals surface area contributed by atoms with E-state index in [1.54, 1.807) is 21.2 Å². The van der Waals surface area contributed by atoms with Gasteiger partial charge < -0.3 is 22.9 Å². The van der Waals surface area contributed by atoms with Crippen molar-refractivity contribution in [1.29, 1.82) is 0 Å². The second-order valence-corrected chi connectivity index (χ2v) is 22.1. The van der Waals surface area contributed by atoms with Gasteiger partial charge in [0.15, 0.2) is 11.9 Å². The SMILES string of the molecule is NC(N)=NCC1CCC2C(CCC(P(c3ccccc3)c3ccccc3)C2C2C3CCC(CN=C(N)N)CC3CCC2P(c2ccccc2)c2ccccc2)C1. The molecule has 4 fully saturated rings. The van der Waals surface area contributed by atoms with Crippen LogP contribution in [0, 0.1) is 47.3 Å². The lowest BCUT2D eigenvalue weighted by atomic mass is 9.53. The molecule has 0 spiro atoms. The summed E-state index contributed by atoms with van der Waals surface area (Å²) in [5.41, 5.74) is 24.8. The number of guanidine groups is 2. The Labute approximate surface area is 337 Å².